The number of hydrogen-bond donors (Lipinski definition) is 2. The number of aryl methyl sites for hydroxylation is 1. The van der Waals surface area contributed by atoms with Crippen LogP contribution in [0.5, 0.6) is 0 Å². The van der Waals surface area contributed by atoms with Gasteiger partial charge in [-0.3, -0.25) is 0 Å². The normalized spacial score (nSPS) is 16.7. The number of aromatic carboxylic acids is 1. The molecule has 2 aromatic heterocycles. The topological polar surface area (TPSA) is 84.3 Å². The zero-order valence-corrected chi connectivity index (χ0v) is 15.5. The van der Waals surface area contributed by atoms with Gasteiger partial charge in [0.15, 0.2) is 0 Å². The molecule has 3 heterocycles. The number of hydrogen-bond acceptors (Lipinski definition) is 6. The van der Waals surface area contributed by atoms with Crippen molar-refractivity contribution in [2.75, 3.05) is 18.5 Å². The third kappa shape index (κ3) is 3.50. The van der Waals surface area contributed by atoms with Crippen molar-refractivity contribution in [2.45, 2.75) is 19.8 Å². The number of aromatic nitrogens is 2. The van der Waals surface area contributed by atoms with Gasteiger partial charge in [-0.25, -0.2) is 19.2 Å². The van der Waals surface area contributed by atoms with Gasteiger partial charge in [0.1, 0.15) is 27.7 Å². The van der Waals surface area contributed by atoms with E-state index in [0.29, 0.717) is 40.5 Å². The lowest BCUT2D eigenvalue weighted by molar-refractivity contribution is 0.0701. The van der Waals surface area contributed by atoms with E-state index < -0.39 is 5.97 Å². The second kappa shape index (κ2) is 7.21. The van der Waals surface area contributed by atoms with Gasteiger partial charge in [0.25, 0.3) is 0 Å². The van der Waals surface area contributed by atoms with Crippen LogP contribution in [0.3, 0.4) is 0 Å². The molecule has 1 aliphatic rings. The van der Waals surface area contributed by atoms with Gasteiger partial charge < -0.3 is 15.2 Å². The number of nitrogens with zero attached hydrogens (tertiary/aromatic N) is 2. The largest absolute Gasteiger partial charge is 0.477 e. The molecule has 1 aliphatic heterocycles. The predicted octanol–water partition coefficient (Wildman–Crippen LogP) is 4.16. The summed E-state index contributed by atoms with van der Waals surface area (Å²) in [5.41, 5.74) is 2.23. The summed E-state index contributed by atoms with van der Waals surface area (Å²) in [6, 6.07) is 4.62. The highest BCUT2D eigenvalue weighted by atomic mass is 32.1. The molecule has 2 N–H and O–H groups in total. The SMILES string of the molecule is Cc1c(C(=O)O)sc2ncnc(Nc3ccc(F)cc3C[C@H]3CCOC3)c12. The van der Waals surface area contributed by atoms with Crippen LogP contribution in [-0.4, -0.2) is 34.3 Å². The van der Waals surface area contributed by atoms with Crippen molar-refractivity contribution in [3.63, 3.8) is 0 Å². The van der Waals surface area contributed by atoms with E-state index in [0.717, 1.165) is 35.6 Å². The highest BCUT2D eigenvalue weighted by Crippen LogP contribution is 2.35. The molecule has 1 atom stereocenters. The van der Waals surface area contributed by atoms with Gasteiger partial charge in [0.2, 0.25) is 0 Å². The Morgan fingerprint density at radius 3 is 3.04 bits per heavy atom. The minimum Gasteiger partial charge on any atom is -0.477 e. The molecule has 6 nitrogen and oxygen atoms in total. The summed E-state index contributed by atoms with van der Waals surface area (Å²) >= 11 is 1.12. The van der Waals surface area contributed by atoms with Crippen LogP contribution >= 0.6 is 11.3 Å². The molecule has 3 aromatic rings. The first-order valence-corrected chi connectivity index (χ1v) is 9.45. The smallest absolute Gasteiger partial charge is 0.346 e. The van der Waals surface area contributed by atoms with Crippen molar-refractivity contribution in [1.29, 1.82) is 0 Å². The van der Waals surface area contributed by atoms with Crippen LogP contribution in [-0.2, 0) is 11.2 Å². The molecule has 0 amide bonds. The van der Waals surface area contributed by atoms with Gasteiger partial charge in [-0.05, 0) is 55.0 Å². The number of thiophene rings is 1. The fourth-order valence-electron chi connectivity index (χ4n) is 3.41. The van der Waals surface area contributed by atoms with Gasteiger partial charge in [-0.2, -0.15) is 0 Å². The lowest BCUT2D eigenvalue weighted by Crippen LogP contribution is -2.07. The molecule has 140 valence electrons. The Morgan fingerprint density at radius 2 is 2.30 bits per heavy atom. The van der Waals surface area contributed by atoms with Crippen molar-refractivity contribution < 1.29 is 19.0 Å². The molecule has 0 bridgehead atoms. The molecule has 0 saturated carbocycles. The molecule has 1 saturated heterocycles. The van der Waals surface area contributed by atoms with Crippen LogP contribution in [0.25, 0.3) is 10.2 Å². The van der Waals surface area contributed by atoms with Crippen molar-refractivity contribution >= 4 is 39.0 Å². The summed E-state index contributed by atoms with van der Waals surface area (Å²) in [6.07, 6.45) is 3.07. The minimum absolute atomic E-state index is 0.246. The molecule has 1 aromatic carbocycles. The van der Waals surface area contributed by atoms with E-state index in [1.807, 2.05) is 0 Å². The highest BCUT2D eigenvalue weighted by Gasteiger charge is 2.21. The molecule has 0 radical (unpaired) electrons. The van der Waals surface area contributed by atoms with Crippen LogP contribution < -0.4 is 5.32 Å². The second-order valence-electron chi connectivity index (χ2n) is 6.62. The molecular formula is C19H18FN3O3S. The first-order chi connectivity index (χ1) is 13.0. The maximum absolute atomic E-state index is 13.8. The van der Waals surface area contributed by atoms with E-state index in [1.165, 1.54) is 18.5 Å². The van der Waals surface area contributed by atoms with E-state index >= 15 is 0 Å². The molecule has 0 aliphatic carbocycles. The maximum atomic E-state index is 13.8. The Kier molecular flexibility index (Phi) is 4.75. The number of ether oxygens (including phenoxy) is 1. The van der Waals surface area contributed by atoms with Crippen molar-refractivity contribution in [2.24, 2.45) is 5.92 Å². The van der Waals surface area contributed by atoms with E-state index in [2.05, 4.69) is 15.3 Å². The number of rotatable bonds is 5. The highest BCUT2D eigenvalue weighted by molar-refractivity contribution is 7.20. The average Bonchev–Trinajstić information content (AvgIpc) is 3.26. The zero-order chi connectivity index (χ0) is 19.0. The van der Waals surface area contributed by atoms with Gasteiger partial charge in [-0.15, -0.1) is 11.3 Å². The lowest BCUT2D eigenvalue weighted by atomic mass is 9.97. The molecule has 4 rings (SSSR count). The molecular weight excluding hydrogens is 369 g/mol. The summed E-state index contributed by atoms with van der Waals surface area (Å²) in [5, 5.41) is 13.3. The average molecular weight is 387 g/mol. The van der Waals surface area contributed by atoms with E-state index in [9.17, 15) is 14.3 Å². The Hall–Kier alpha value is -2.58. The first kappa shape index (κ1) is 17.8. The number of anilines is 2. The maximum Gasteiger partial charge on any atom is 0.346 e. The summed E-state index contributed by atoms with van der Waals surface area (Å²) in [6.45, 7) is 3.17. The third-order valence-corrected chi connectivity index (χ3v) is 5.96. The Bertz CT molecular complexity index is 1010. The van der Waals surface area contributed by atoms with E-state index in [1.54, 1.807) is 13.0 Å². The lowest BCUT2D eigenvalue weighted by Gasteiger charge is -2.15. The second-order valence-corrected chi connectivity index (χ2v) is 7.62. The fourth-order valence-corrected chi connectivity index (χ4v) is 4.39. The summed E-state index contributed by atoms with van der Waals surface area (Å²) in [7, 11) is 0. The van der Waals surface area contributed by atoms with Crippen LogP contribution in [0, 0.1) is 18.7 Å². The molecule has 8 heteroatoms. The molecule has 0 spiro atoms. The van der Waals surface area contributed by atoms with Gasteiger partial charge in [0.05, 0.1) is 5.39 Å². The zero-order valence-electron chi connectivity index (χ0n) is 14.7. The number of halogens is 1. The van der Waals surface area contributed by atoms with Crippen LogP contribution in [0.15, 0.2) is 24.5 Å². The summed E-state index contributed by atoms with van der Waals surface area (Å²) in [5.74, 6) is -0.386. The number of carboxylic acid groups (broad SMARTS) is 1. The number of benzene rings is 1. The molecule has 1 fully saturated rings. The Morgan fingerprint density at radius 1 is 1.44 bits per heavy atom. The Balaban J connectivity index is 1.73. The van der Waals surface area contributed by atoms with Crippen LogP contribution in [0.4, 0.5) is 15.9 Å². The Labute approximate surface area is 159 Å². The third-order valence-electron chi connectivity index (χ3n) is 4.77. The van der Waals surface area contributed by atoms with Gasteiger partial charge in [0, 0.05) is 18.9 Å². The van der Waals surface area contributed by atoms with Crippen LogP contribution in [0.1, 0.15) is 27.2 Å². The van der Waals surface area contributed by atoms with Crippen molar-refractivity contribution in [3.05, 3.63) is 46.3 Å². The fraction of sp³-hybridized carbons (Fsp3) is 0.316. The minimum atomic E-state index is -0.981. The van der Waals surface area contributed by atoms with Crippen molar-refractivity contribution in [1.82, 2.24) is 9.97 Å². The summed E-state index contributed by atoms with van der Waals surface area (Å²) < 4.78 is 19.2. The predicted molar refractivity (Wildman–Crippen MR) is 101 cm³/mol. The van der Waals surface area contributed by atoms with Gasteiger partial charge in [-0.1, -0.05) is 0 Å². The standard InChI is InChI=1S/C19H18FN3O3S/c1-10-15-17(21-9-22-18(15)27-16(10)19(24)25)23-14-3-2-13(20)7-12(14)6-11-4-5-26-8-11/h2-3,7,9,11H,4-6,8H2,1H3,(H,24,25)(H,21,22,23)/t11-/m1/s1. The van der Waals surface area contributed by atoms with Crippen LogP contribution in [0.2, 0.25) is 0 Å². The summed E-state index contributed by atoms with van der Waals surface area (Å²) in [4.78, 5) is 20.8. The van der Waals surface area contributed by atoms with E-state index in [4.69, 9.17) is 4.74 Å². The monoisotopic (exact) mass is 387 g/mol. The number of carbonyl (C=O) groups is 1. The first-order valence-electron chi connectivity index (χ1n) is 8.63. The van der Waals surface area contributed by atoms with E-state index in [-0.39, 0.29) is 10.7 Å². The number of nitrogens with one attached hydrogen (secondary N) is 1. The van der Waals surface area contributed by atoms with Crippen molar-refractivity contribution in [3.8, 4) is 0 Å². The van der Waals surface area contributed by atoms with Gasteiger partial charge >= 0.3 is 5.97 Å². The molecule has 0 unspecified atom stereocenters. The number of fused-ring (bicyclic) bond motifs is 1. The quantitative estimate of drug-likeness (QED) is 0.684. The molecule has 27 heavy (non-hydrogen) atoms. The number of carboxylic acids is 1.